The van der Waals surface area contributed by atoms with Crippen LogP contribution in [0.25, 0.3) is 0 Å². The third kappa shape index (κ3) is 22.3. The first kappa shape index (κ1) is 24.3. The minimum absolute atomic E-state index is 0.122. The molecule has 0 aromatic rings. The Balaban J connectivity index is 2.95. The Hall–Kier alpha value is 0.310. The second kappa shape index (κ2) is 21.4. The third-order valence-electron chi connectivity index (χ3n) is 4.82. The maximum atomic E-state index is 9.18. The Kier molecular flexibility index (Phi) is 21.6. The lowest BCUT2D eigenvalue weighted by Crippen LogP contribution is -2.00. The highest BCUT2D eigenvalue weighted by Gasteiger charge is 1.97. The van der Waals surface area contributed by atoms with Crippen molar-refractivity contribution in [1.82, 2.24) is 0 Å². The number of hydrogen-bond donors (Lipinski definition) is 1. The van der Waals surface area contributed by atoms with E-state index in [9.17, 15) is 5.11 Å². The normalized spacial score (nSPS) is 12.6. The van der Waals surface area contributed by atoms with Crippen molar-refractivity contribution in [3.8, 4) is 0 Å². The van der Waals surface area contributed by atoms with Gasteiger partial charge in [-0.05, 0) is 31.3 Å². The van der Waals surface area contributed by atoms with E-state index in [1.807, 2.05) is 18.7 Å². The van der Waals surface area contributed by atoms with Crippen LogP contribution in [0.2, 0.25) is 0 Å². The molecule has 0 rings (SSSR count). The Morgan fingerprint density at radius 2 is 0.958 bits per heavy atom. The molecule has 0 aliphatic heterocycles. The Bertz CT molecular complexity index is 218. The Labute approximate surface area is 157 Å². The highest BCUT2D eigenvalue weighted by molar-refractivity contribution is 7.99. The Morgan fingerprint density at radius 1 is 0.583 bits per heavy atom. The minimum Gasteiger partial charge on any atom is -0.393 e. The number of aliphatic hydroxyl groups excluding tert-OH is 1. The molecular weight excluding hydrogens is 312 g/mol. The smallest absolute Gasteiger partial charge is 0.0520 e. The van der Waals surface area contributed by atoms with Gasteiger partial charge in [-0.1, -0.05) is 103 Å². The monoisotopic (exact) mass is 358 g/mol. The summed E-state index contributed by atoms with van der Waals surface area (Å²) in [6.07, 6.45) is 23.9. The first-order chi connectivity index (χ1) is 11.8. The van der Waals surface area contributed by atoms with Crippen molar-refractivity contribution < 1.29 is 5.11 Å². The van der Waals surface area contributed by atoms with Crippen LogP contribution in [0.4, 0.5) is 0 Å². The fourth-order valence-electron chi connectivity index (χ4n) is 3.11. The zero-order chi connectivity index (χ0) is 17.7. The van der Waals surface area contributed by atoms with Gasteiger partial charge in [0.2, 0.25) is 0 Å². The molecule has 0 aromatic carbocycles. The van der Waals surface area contributed by atoms with Crippen LogP contribution in [0.3, 0.4) is 0 Å². The van der Waals surface area contributed by atoms with Gasteiger partial charge < -0.3 is 5.11 Å². The summed E-state index contributed by atoms with van der Waals surface area (Å²) in [6, 6.07) is 0. The van der Waals surface area contributed by atoms with Gasteiger partial charge in [-0.15, -0.1) is 0 Å². The SMILES string of the molecule is CCCCCCCCCCCCCCCCCCSCCC(C)O. The van der Waals surface area contributed by atoms with Gasteiger partial charge in [0.25, 0.3) is 0 Å². The van der Waals surface area contributed by atoms with E-state index in [1.54, 1.807) is 0 Å². The molecule has 0 spiro atoms. The number of thioether (sulfide) groups is 1. The molecule has 1 unspecified atom stereocenters. The van der Waals surface area contributed by atoms with Crippen LogP contribution in [-0.2, 0) is 0 Å². The van der Waals surface area contributed by atoms with Gasteiger partial charge in [-0.2, -0.15) is 11.8 Å². The van der Waals surface area contributed by atoms with E-state index >= 15 is 0 Å². The molecule has 0 saturated carbocycles. The summed E-state index contributed by atoms with van der Waals surface area (Å²) in [5.41, 5.74) is 0. The predicted molar refractivity (Wildman–Crippen MR) is 113 cm³/mol. The molecule has 0 aromatic heterocycles. The van der Waals surface area contributed by atoms with Gasteiger partial charge in [0.15, 0.2) is 0 Å². The van der Waals surface area contributed by atoms with E-state index < -0.39 is 0 Å². The van der Waals surface area contributed by atoms with Crippen LogP contribution in [0, 0.1) is 0 Å². The fraction of sp³-hybridized carbons (Fsp3) is 1.00. The van der Waals surface area contributed by atoms with Crippen LogP contribution < -0.4 is 0 Å². The molecule has 0 saturated heterocycles. The third-order valence-corrected chi connectivity index (χ3v) is 5.92. The highest BCUT2D eigenvalue weighted by Crippen LogP contribution is 2.14. The molecule has 0 aliphatic carbocycles. The molecule has 0 aliphatic rings. The van der Waals surface area contributed by atoms with Crippen molar-refractivity contribution in [3.05, 3.63) is 0 Å². The predicted octanol–water partition coefficient (Wildman–Crippen LogP) is 7.75. The molecule has 1 nitrogen and oxygen atoms in total. The zero-order valence-electron chi connectivity index (χ0n) is 16.9. The van der Waals surface area contributed by atoms with E-state index in [0.29, 0.717) is 0 Å². The van der Waals surface area contributed by atoms with Crippen molar-refractivity contribution >= 4 is 11.8 Å². The van der Waals surface area contributed by atoms with E-state index in [1.165, 1.54) is 108 Å². The average molecular weight is 359 g/mol. The van der Waals surface area contributed by atoms with E-state index in [4.69, 9.17) is 0 Å². The van der Waals surface area contributed by atoms with E-state index in [-0.39, 0.29) is 6.10 Å². The maximum absolute atomic E-state index is 9.18. The highest BCUT2D eigenvalue weighted by atomic mass is 32.2. The summed E-state index contributed by atoms with van der Waals surface area (Å²) in [4.78, 5) is 0. The van der Waals surface area contributed by atoms with Gasteiger partial charge in [0.1, 0.15) is 0 Å². The van der Waals surface area contributed by atoms with Gasteiger partial charge >= 0.3 is 0 Å². The van der Waals surface area contributed by atoms with Crippen LogP contribution in [0.1, 0.15) is 123 Å². The molecule has 1 atom stereocenters. The van der Waals surface area contributed by atoms with Crippen molar-refractivity contribution in [2.24, 2.45) is 0 Å². The number of hydrogen-bond acceptors (Lipinski definition) is 2. The lowest BCUT2D eigenvalue weighted by molar-refractivity contribution is 0.192. The van der Waals surface area contributed by atoms with Crippen LogP contribution in [0.15, 0.2) is 0 Å². The van der Waals surface area contributed by atoms with Gasteiger partial charge in [-0.25, -0.2) is 0 Å². The molecule has 0 fully saturated rings. The summed E-state index contributed by atoms with van der Waals surface area (Å²) >= 11 is 2.01. The first-order valence-electron chi connectivity index (χ1n) is 11.0. The molecule has 0 radical (unpaired) electrons. The molecule has 146 valence electrons. The molecule has 2 heteroatoms. The summed E-state index contributed by atoms with van der Waals surface area (Å²) in [5, 5.41) is 9.18. The van der Waals surface area contributed by atoms with Crippen molar-refractivity contribution in [3.63, 3.8) is 0 Å². The van der Waals surface area contributed by atoms with Crippen molar-refractivity contribution in [2.45, 2.75) is 129 Å². The van der Waals surface area contributed by atoms with Crippen LogP contribution in [-0.4, -0.2) is 22.7 Å². The van der Waals surface area contributed by atoms with Crippen molar-refractivity contribution in [2.75, 3.05) is 11.5 Å². The summed E-state index contributed by atoms with van der Waals surface area (Å²) < 4.78 is 0. The molecule has 24 heavy (non-hydrogen) atoms. The molecule has 0 heterocycles. The van der Waals surface area contributed by atoms with Crippen molar-refractivity contribution in [1.29, 1.82) is 0 Å². The van der Waals surface area contributed by atoms with Gasteiger partial charge in [-0.3, -0.25) is 0 Å². The summed E-state index contributed by atoms with van der Waals surface area (Å²) in [5.74, 6) is 2.40. The standard InChI is InChI=1S/C22H46OS/c1-3-4-5-6-7-8-9-10-11-12-13-14-15-16-17-18-20-24-21-19-22(2)23/h22-23H,3-21H2,1-2H3. The molecular formula is C22H46OS. The first-order valence-corrected chi connectivity index (χ1v) is 12.2. The molecule has 0 bridgehead atoms. The van der Waals surface area contributed by atoms with Gasteiger partial charge in [0, 0.05) is 0 Å². The zero-order valence-corrected chi connectivity index (χ0v) is 17.7. The lowest BCUT2D eigenvalue weighted by Gasteiger charge is -2.05. The fourth-order valence-corrected chi connectivity index (χ4v) is 4.23. The van der Waals surface area contributed by atoms with E-state index in [0.717, 1.165) is 12.2 Å². The summed E-state index contributed by atoms with van der Waals surface area (Å²) in [6.45, 7) is 4.18. The second-order valence-electron chi connectivity index (χ2n) is 7.55. The largest absolute Gasteiger partial charge is 0.393 e. The maximum Gasteiger partial charge on any atom is 0.0520 e. The van der Waals surface area contributed by atoms with Crippen LogP contribution in [0.5, 0.6) is 0 Å². The number of aliphatic hydroxyl groups is 1. The average Bonchev–Trinajstić information content (AvgIpc) is 2.56. The van der Waals surface area contributed by atoms with Crippen LogP contribution >= 0.6 is 11.8 Å². The molecule has 0 amide bonds. The Morgan fingerprint density at radius 3 is 1.33 bits per heavy atom. The quantitative estimate of drug-likeness (QED) is 0.224. The topological polar surface area (TPSA) is 20.2 Å². The lowest BCUT2D eigenvalue weighted by atomic mass is 10.0. The number of rotatable bonds is 20. The second-order valence-corrected chi connectivity index (χ2v) is 8.78. The summed E-state index contributed by atoms with van der Waals surface area (Å²) in [7, 11) is 0. The number of unbranched alkanes of at least 4 members (excludes halogenated alkanes) is 15. The van der Waals surface area contributed by atoms with Gasteiger partial charge in [0.05, 0.1) is 6.10 Å². The minimum atomic E-state index is -0.122. The van der Waals surface area contributed by atoms with E-state index in [2.05, 4.69) is 6.92 Å². The molecule has 1 N–H and O–H groups in total.